The molecule has 0 N–H and O–H groups in total. The van der Waals surface area contributed by atoms with Gasteiger partial charge in [0.2, 0.25) is 0 Å². The number of aromatic nitrogens is 1. The molecule has 2 aliphatic rings. The van der Waals surface area contributed by atoms with Crippen LogP contribution in [-0.2, 0) is 14.8 Å². The van der Waals surface area contributed by atoms with Gasteiger partial charge in [0.25, 0.3) is 10.0 Å². The average molecular weight is 330 g/mol. The van der Waals surface area contributed by atoms with Gasteiger partial charge in [-0.1, -0.05) is 6.42 Å². The summed E-state index contributed by atoms with van der Waals surface area (Å²) in [7, 11) is -1.72. The van der Waals surface area contributed by atoms with Crippen molar-refractivity contribution < 1.29 is 13.2 Å². The summed E-state index contributed by atoms with van der Waals surface area (Å²) in [6.07, 6.45) is 5.82. The Morgan fingerprint density at radius 1 is 1.52 bits per heavy atom. The molecule has 7 heteroatoms. The highest BCUT2D eigenvalue weighted by molar-refractivity contribution is 7.91. The van der Waals surface area contributed by atoms with Crippen LogP contribution >= 0.6 is 11.3 Å². The molecule has 2 saturated carbocycles. The summed E-state index contributed by atoms with van der Waals surface area (Å²) in [5, 5.41) is 0.779. The van der Waals surface area contributed by atoms with E-state index in [-0.39, 0.29) is 17.6 Å². The maximum atomic E-state index is 12.7. The van der Waals surface area contributed by atoms with E-state index in [0.717, 1.165) is 24.3 Å². The summed E-state index contributed by atoms with van der Waals surface area (Å²) >= 11 is 1.24. The lowest BCUT2D eigenvalue weighted by Gasteiger charge is -2.62. The van der Waals surface area contributed by atoms with Crippen molar-refractivity contribution in [3.8, 4) is 0 Å². The van der Waals surface area contributed by atoms with Crippen LogP contribution in [-0.4, -0.2) is 43.5 Å². The molecule has 0 aromatic carbocycles. The van der Waals surface area contributed by atoms with Gasteiger partial charge >= 0.3 is 0 Å². The molecule has 5 nitrogen and oxygen atoms in total. The first kappa shape index (κ1) is 15.4. The van der Waals surface area contributed by atoms with Crippen LogP contribution < -0.4 is 0 Å². The molecule has 2 fully saturated rings. The first-order chi connectivity index (χ1) is 9.91. The highest BCUT2D eigenvalue weighted by Gasteiger charge is 2.61. The molecule has 0 amide bonds. The number of hydrogen-bond acceptors (Lipinski definition) is 5. The van der Waals surface area contributed by atoms with E-state index in [1.54, 1.807) is 11.4 Å². The molecule has 0 unspecified atom stereocenters. The quantitative estimate of drug-likeness (QED) is 0.832. The maximum absolute atomic E-state index is 12.7. The molecule has 0 saturated heterocycles. The molecule has 0 aliphatic heterocycles. The topological polar surface area (TPSA) is 59.5 Å². The predicted molar refractivity (Wildman–Crippen MR) is 81.9 cm³/mol. The minimum Gasteiger partial charge on any atom is -0.378 e. The molecule has 118 valence electrons. The summed E-state index contributed by atoms with van der Waals surface area (Å²) in [5.74, 6) is 0. The average Bonchev–Trinajstić information content (AvgIpc) is 2.78. The Bertz CT molecular complexity index is 622. The van der Waals surface area contributed by atoms with E-state index in [1.807, 2.05) is 13.8 Å². The van der Waals surface area contributed by atoms with Crippen molar-refractivity contribution in [2.45, 2.75) is 55.9 Å². The summed E-state index contributed by atoms with van der Waals surface area (Å²) in [6.45, 7) is 4.52. The molecule has 1 heterocycles. The number of rotatable bonds is 5. The fraction of sp³-hybridized carbons (Fsp3) is 0.786. The minimum atomic E-state index is -3.43. The normalized spacial score (nSPS) is 27.6. The van der Waals surface area contributed by atoms with Crippen LogP contribution in [0.15, 0.2) is 10.4 Å². The summed E-state index contributed by atoms with van der Waals surface area (Å²) < 4.78 is 33.2. The Kier molecular flexibility index (Phi) is 3.88. The first-order valence-electron chi connectivity index (χ1n) is 7.44. The molecule has 1 aromatic heterocycles. The SMILES string of the molecule is CCO[C@H]1C[C@H](N(C)S(=O)(=O)c2cnc(C)s2)C12CCC2. The molecular weight excluding hydrogens is 308 g/mol. The van der Waals surface area contributed by atoms with Crippen LogP contribution in [0.4, 0.5) is 0 Å². The van der Waals surface area contributed by atoms with Gasteiger partial charge in [-0.05, 0) is 33.1 Å². The third-order valence-corrected chi connectivity index (χ3v) is 8.28. The van der Waals surface area contributed by atoms with Gasteiger partial charge in [0.15, 0.2) is 4.21 Å². The van der Waals surface area contributed by atoms with E-state index < -0.39 is 10.0 Å². The lowest BCUT2D eigenvalue weighted by molar-refractivity contribution is -0.187. The van der Waals surface area contributed by atoms with Crippen LogP contribution in [0.5, 0.6) is 0 Å². The van der Waals surface area contributed by atoms with Gasteiger partial charge in [-0.25, -0.2) is 13.4 Å². The standard InChI is InChI=1S/C14H22N2O3S2/c1-4-19-12-8-11(14(12)6-5-7-14)16(3)21(17,18)13-9-15-10(2)20-13/h9,11-12H,4-8H2,1-3H3/t11-,12-/m0/s1. The second kappa shape index (κ2) is 5.30. The molecule has 1 spiro atoms. The number of ether oxygens (including phenoxy) is 1. The molecule has 21 heavy (non-hydrogen) atoms. The smallest absolute Gasteiger partial charge is 0.254 e. The highest BCUT2D eigenvalue weighted by Crippen LogP contribution is 2.59. The van der Waals surface area contributed by atoms with E-state index in [0.29, 0.717) is 10.8 Å². The Hall–Kier alpha value is -0.500. The monoisotopic (exact) mass is 330 g/mol. The molecule has 3 rings (SSSR count). The molecule has 0 bridgehead atoms. The second-order valence-corrected chi connectivity index (χ2v) is 9.46. The maximum Gasteiger partial charge on any atom is 0.254 e. The summed E-state index contributed by atoms with van der Waals surface area (Å²) in [4.78, 5) is 4.07. The highest BCUT2D eigenvalue weighted by atomic mass is 32.2. The fourth-order valence-electron chi connectivity index (χ4n) is 3.68. The van der Waals surface area contributed by atoms with Gasteiger partial charge in [0.1, 0.15) is 0 Å². The zero-order valence-corrected chi connectivity index (χ0v) is 14.3. The van der Waals surface area contributed by atoms with Crippen molar-refractivity contribution in [2.75, 3.05) is 13.7 Å². The van der Waals surface area contributed by atoms with Crippen LogP contribution in [0.1, 0.15) is 37.6 Å². The molecule has 2 aliphatic carbocycles. The number of sulfonamides is 1. The van der Waals surface area contributed by atoms with Crippen molar-refractivity contribution in [1.82, 2.24) is 9.29 Å². The van der Waals surface area contributed by atoms with Gasteiger partial charge in [-0.15, -0.1) is 11.3 Å². The summed E-state index contributed by atoms with van der Waals surface area (Å²) in [6, 6.07) is 0.0650. The van der Waals surface area contributed by atoms with Crippen molar-refractivity contribution in [2.24, 2.45) is 5.41 Å². The Morgan fingerprint density at radius 2 is 2.24 bits per heavy atom. The van der Waals surface area contributed by atoms with E-state index in [1.165, 1.54) is 24.0 Å². The van der Waals surface area contributed by atoms with Crippen molar-refractivity contribution in [1.29, 1.82) is 0 Å². The molecule has 2 atom stereocenters. The predicted octanol–water partition coefficient (Wildman–Crippen LogP) is 2.42. The Balaban J connectivity index is 1.81. The van der Waals surface area contributed by atoms with Crippen LogP contribution in [0.3, 0.4) is 0 Å². The van der Waals surface area contributed by atoms with E-state index in [2.05, 4.69) is 4.98 Å². The van der Waals surface area contributed by atoms with Crippen LogP contribution in [0.25, 0.3) is 0 Å². The second-order valence-electron chi connectivity index (χ2n) is 6.00. The zero-order chi connectivity index (χ0) is 15.3. The largest absolute Gasteiger partial charge is 0.378 e. The van der Waals surface area contributed by atoms with E-state index >= 15 is 0 Å². The van der Waals surface area contributed by atoms with Gasteiger partial charge in [-0.2, -0.15) is 4.31 Å². The third-order valence-electron chi connectivity index (χ3n) is 5.07. The van der Waals surface area contributed by atoms with Crippen molar-refractivity contribution in [3.05, 3.63) is 11.2 Å². The summed E-state index contributed by atoms with van der Waals surface area (Å²) in [5.41, 5.74) is 0.0531. The number of hydrogen-bond donors (Lipinski definition) is 0. The Labute approximate surface area is 130 Å². The van der Waals surface area contributed by atoms with E-state index in [9.17, 15) is 8.42 Å². The molecule has 0 radical (unpaired) electrons. The van der Waals surface area contributed by atoms with Crippen LogP contribution in [0, 0.1) is 12.3 Å². The lowest BCUT2D eigenvalue weighted by Crippen LogP contribution is -2.67. The lowest BCUT2D eigenvalue weighted by atomic mass is 9.51. The van der Waals surface area contributed by atoms with Gasteiger partial charge in [-0.3, -0.25) is 0 Å². The van der Waals surface area contributed by atoms with E-state index in [4.69, 9.17) is 4.74 Å². The van der Waals surface area contributed by atoms with Crippen molar-refractivity contribution in [3.63, 3.8) is 0 Å². The van der Waals surface area contributed by atoms with Gasteiger partial charge < -0.3 is 4.74 Å². The van der Waals surface area contributed by atoms with Gasteiger partial charge in [0.05, 0.1) is 17.3 Å². The minimum absolute atomic E-state index is 0.0531. The van der Waals surface area contributed by atoms with Crippen LogP contribution in [0.2, 0.25) is 0 Å². The first-order valence-corrected chi connectivity index (χ1v) is 9.69. The Morgan fingerprint density at radius 3 is 2.71 bits per heavy atom. The number of aryl methyl sites for hydroxylation is 1. The van der Waals surface area contributed by atoms with Gasteiger partial charge in [0, 0.05) is 25.1 Å². The molecular formula is C14H22N2O3S2. The zero-order valence-electron chi connectivity index (χ0n) is 12.7. The molecule has 1 aromatic rings. The third kappa shape index (κ3) is 2.25. The number of thiazole rings is 1. The fourth-order valence-corrected chi connectivity index (χ4v) is 6.42. The number of nitrogens with zero attached hydrogens (tertiary/aromatic N) is 2. The van der Waals surface area contributed by atoms with Crippen molar-refractivity contribution >= 4 is 21.4 Å².